The van der Waals surface area contributed by atoms with Crippen LogP contribution in [0.3, 0.4) is 0 Å². The number of phosphoric acid groups is 1. The molecule has 2 aromatic rings. The Kier molecular flexibility index (Phi) is 10.1. The van der Waals surface area contributed by atoms with Crippen LogP contribution in [0.2, 0.25) is 0 Å². The van der Waals surface area contributed by atoms with Gasteiger partial charge in [-0.15, -0.1) is 6.58 Å². The predicted octanol–water partition coefficient (Wildman–Crippen LogP) is 0.641. The monoisotopic (exact) mass is 539 g/mol. The summed E-state index contributed by atoms with van der Waals surface area (Å²) in [6.45, 7) is 4.24. The minimum atomic E-state index is -4.49. The van der Waals surface area contributed by atoms with Gasteiger partial charge in [0.25, 0.3) is 5.56 Å². The van der Waals surface area contributed by atoms with E-state index in [4.69, 9.17) is 28.8 Å². The highest BCUT2D eigenvalue weighted by Crippen LogP contribution is 2.50. The molecule has 14 heteroatoms. The zero-order valence-electron chi connectivity index (χ0n) is 20.1. The fourth-order valence-electron chi connectivity index (χ4n) is 3.43. The van der Waals surface area contributed by atoms with Crippen molar-refractivity contribution in [2.24, 2.45) is 5.73 Å². The van der Waals surface area contributed by atoms with E-state index in [0.717, 1.165) is 16.2 Å². The van der Waals surface area contributed by atoms with Crippen LogP contribution in [-0.2, 0) is 38.8 Å². The number of nitrogens with zero attached hydrogens (tertiary/aromatic N) is 1. The SMILES string of the molecule is C=CCO[C@H]1[C@H](O)[C@@H](COP(=O)(OCCc2ccccc2)OC(=O)[C@H](C)N)O[C@H]1n1ccc(=O)[nH]c1=O. The highest BCUT2D eigenvalue weighted by atomic mass is 31.2. The van der Waals surface area contributed by atoms with E-state index in [9.17, 15) is 24.1 Å². The largest absolute Gasteiger partial charge is 0.532 e. The number of carbonyl (C=O) groups excluding carboxylic acids is 1. The Bertz CT molecular complexity index is 1210. The van der Waals surface area contributed by atoms with Crippen LogP contribution >= 0.6 is 7.82 Å². The van der Waals surface area contributed by atoms with Gasteiger partial charge in [0.05, 0.1) is 19.8 Å². The van der Waals surface area contributed by atoms with Gasteiger partial charge in [-0.25, -0.2) is 14.2 Å². The normalized spacial score (nSPS) is 23.8. The summed E-state index contributed by atoms with van der Waals surface area (Å²) in [5.74, 6) is -1.01. The van der Waals surface area contributed by atoms with Gasteiger partial charge >= 0.3 is 19.5 Å². The fourth-order valence-corrected chi connectivity index (χ4v) is 4.65. The Morgan fingerprint density at radius 2 is 2.03 bits per heavy atom. The van der Waals surface area contributed by atoms with Crippen molar-refractivity contribution in [3.63, 3.8) is 0 Å². The first-order chi connectivity index (χ1) is 17.6. The molecule has 0 bridgehead atoms. The average molecular weight is 539 g/mol. The molecule has 1 saturated heterocycles. The molecule has 3 rings (SSSR count). The molecule has 1 unspecified atom stereocenters. The summed E-state index contributed by atoms with van der Waals surface area (Å²) in [6, 6.07) is 9.19. The van der Waals surface area contributed by atoms with E-state index in [2.05, 4.69) is 11.6 Å². The molecule has 13 nitrogen and oxygen atoms in total. The molecule has 0 amide bonds. The summed E-state index contributed by atoms with van der Waals surface area (Å²) >= 11 is 0. The fraction of sp³-hybridized carbons (Fsp3) is 0.435. The molecule has 0 radical (unpaired) electrons. The Hall–Kier alpha value is -2.90. The summed E-state index contributed by atoms with van der Waals surface area (Å²) < 4.78 is 41.3. The van der Waals surface area contributed by atoms with Crippen molar-refractivity contribution >= 4 is 13.8 Å². The van der Waals surface area contributed by atoms with Crippen LogP contribution in [-0.4, -0.2) is 64.8 Å². The first kappa shape index (κ1) is 28.7. The highest BCUT2D eigenvalue weighted by Gasteiger charge is 2.47. The lowest BCUT2D eigenvalue weighted by molar-refractivity contribution is -0.137. The van der Waals surface area contributed by atoms with Gasteiger partial charge in [-0.2, -0.15) is 0 Å². The van der Waals surface area contributed by atoms with Gasteiger partial charge in [-0.1, -0.05) is 36.4 Å². The molecule has 1 fully saturated rings. The van der Waals surface area contributed by atoms with Crippen LogP contribution in [0.4, 0.5) is 0 Å². The van der Waals surface area contributed by atoms with Crippen LogP contribution < -0.4 is 17.0 Å². The molecule has 0 aliphatic carbocycles. The maximum atomic E-state index is 13.3. The number of rotatable bonds is 13. The number of phosphoric ester groups is 1. The van der Waals surface area contributed by atoms with Crippen molar-refractivity contribution < 1.29 is 37.5 Å². The van der Waals surface area contributed by atoms with Crippen LogP contribution in [0.25, 0.3) is 0 Å². The van der Waals surface area contributed by atoms with Crippen LogP contribution in [0.1, 0.15) is 18.7 Å². The van der Waals surface area contributed by atoms with Gasteiger partial charge in [-0.3, -0.25) is 23.4 Å². The number of aliphatic hydroxyl groups excluding tert-OH is 1. The number of carbonyl (C=O) groups is 1. The minimum absolute atomic E-state index is 0.0142. The summed E-state index contributed by atoms with van der Waals surface area (Å²) in [7, 11) is -4.49. The molecule has 1 aromatic carbocycles. The Morgan fingerprint density at radius 3 is 2.68 bits per heavy atom. The van der Waals surface area contributed by atoms with E-state index in [1.165, 1.54) is 19.2 Å². The second kappa shape index (κ2) is 13.1. The zero-order chi connectivity index (χ0) is 27.0. The van der Waals surface area contributed by atoms with E-state index in [1.54, 1.807) is 0 Å². The van der Waals surface area contributed by atoms with Gasteiger partial charge in [0.2, 0.25) is 0 Å². The molecular weight excluding hydrogens is 509 g/mol. The second-order valence-electron chi connectivity index (χ2n) is 8.17. The lowest BCUT2D eigenvalue weighted by atomic mass is 10.1. The third-order valence-electron chi connectivity index (χ3n) is 5.30. The lowest BCUT2D eigenvalue weighted by Crippen LogP contribution is -2.39. The first-order valence-corrected chi connectivity index (χ1v) is 12.9. The molecule has 4 N–H and O–H groups in total. The Labute approximate surface area is 212 Å². The van der Waals surface area contributed by atoms with Gasteiger partial charge in [0, 0.05) is 12.3 Å². The molecule has 1 aromatic heterocycles. The molecule has 1 aliphatic rings. The molecule has 1 aliphatic heterocycles. The maximum Gasteiger partial charge on any atom is 0.532 e. The van der Waals surface area contributed by atoms with E-state index in [0.29, 0.717) is 6.42 Å². The summed E-state index contributed by atoms with van der Waals surface area (Å²) in [5.41, 5.74) is 5.00. The zero-order valence-corrected chi connectivity index (χ0v) is 21.0. The third kappa shape index (κ3) is 7.79. The maximum absolute atomic E-state index is 13.3. The molecule has 6 atom stereocenters. The van der Waals surface area contributed by atoms with Crippen LogP contribution in [0.15, 0.2) is 64.8 Å². The smallest absolute Gasteiger partial charge is 0.387 e. The minimum Gasteiger partial charge on any atom is -0.387 e. The second-order valence-corrected chi connectivity index (χ2v) is 9.76. The number of H-pyrrole nitrogens is 1. The van der Waals surface area contributed by atoms with Crippen molar-refractivity contribution in [1.82, 2.24) is 9.55 Å². The number of nitrogens with one attached hydrogen (secondary N) is 1. The molecule has 202 valence electrons. The Balaban J connectivity index is 1.74. The number of aromatic nitrogens is 2. The predicted molar refractivity (Wildman–Crippen MR) is 131 cm³/mol. The van der Waals surface area contributed by atoms with Crippen LogP contribution in [0.5, 0.6) is 0 Å². The molecule has 2 heterocycles. The Morgan fingerprint density at radius 1 is 1.30 bits per heavy atom. The number of nitrogens with two attached hydrogens (primary N) is 1. The van der Waals surface area contributed by atoms with Crippen molar-refractivity contribution in [3.8, 4) is 0 Å². The van der Waals surface area contributed by atoms with Crippen molar-refractivity contribution in [2.45, 2.75) is 43.9 Å². The van der Waals surface area contributed by atoms with Crippen molar-refractivity contribution in [3.05, 3.63) is 81.7 Å². The van der Waals surface area contributed by atoms with Crippen LogP contribution in [0, 0.1) is 0 Å². The standard InChI is InChI=1S/C23H30N3O10P/c1-3-12-32-20-19(28)17(35-21(20)26-11-9-18(27)25-23(26)30)14-34-37(31,36-22(29)15(2)24)33-13-10-16-7-5-4-6-8-16/h3-9,11,15,17,19-21,28H,1,10,12-14,24H2,2H3,(H,25,27,30)/t15-,17+,19+,20-,21+,37?/m0/s1. The van der Waals surface area contributed by atoms with E-state index in [1.807, 2.05) is 30.3 Å². The topological polar surface area (TPSA) is 181 Å². The highest BCUT2D eigenvalue weighted by molar-refractivity contribution is 7.49. The summed E-state index contributed by atoms with van der Waals surface area (Å²) in [5, 5.41) is 10.8. The number of aromatic amines is 1. The number of aliphatic hydroxyl groups is 1. The van der Waals surface area contributed by atoms with Crippen molar-refractivity contribution in [1.29, 1.82) is 0 Å². The lowest BCUT2D eigenvalue weighted by Gasteiger charge is -2.21. The summed E-state index contributed by atoms with van der Waals surface area (Å²) in [6.07, 6.45) is -1.83. The number of benzene rings is 1. The van der Waals surface area contributed by atoms with Gasteiger partial charge in [0.15, 0.2) is 6.23 Å². The average Bonchev–Trinajstić information content (AvgIpc) is 3.17. The first-order valence-electron chi connectivity index (χ1n) is 11.4. The van der Waals surface area contributed by atoms with E-state index >= 15 is 0 Å². The van der Waals surface area contributed by atoms with E-state index < -0.39 is 62.2 Å². The van der Waals surface area contributed by atoms with Gasteiger partial charge in [0.1, 0.15) is 24.4 Å². The third-order valence-corrected chi connectivity index (χ3v) is 6.67. The number of ether oxygens (including phenoxy) is 2. The molecule has 0 spiro atoms. The molecule has 37 heavy (non-hydrogen) atoms. The van der Waals surface area contributed by atoms with E-state index in [-0.39, 0.29) is 13.2 Å². The number of hydrogen-bond acceptors (Lipinski definition) is 11. The molecular formula is C23H30N3O10P. The molecule has 0 saturated carbocycles. The quantitative estimate of drug-likeness (QED) is 0.240. The van der Waals surface area contributed by atoms with Gasteiger partial charge < -0.3 is 24.8 Å². The summed E-state index contributed by atoms with van der Waals surface area (Å²) in [4.78, 5) is 37.9. The van der Waals surface area contributed by atoms with Crippen molar-refractivity contribution in [2.75, 3.05) is 19.8 Å². The number of hydrogen-bond donors (Lipinski definition) is 3. The van der Waals surface area contributed by atoms with Gasteiger partial charge in [-0.05, 0) is 18.9 Å².